The van der Waals surface area contributed by atoms with Gasteiger partial charge in [-0.2, -0.15) is 4.98 Å². The molecule has 2 heterocycles. The molecule has 0 fully saturated rings. The molecule has 0 saturated heterocycles. The maximum absolute atomic E-state index is 11.7. The van der Waals surface area contributed by atoms with Crippen molar-refractivity contribution in [2.24, 2.45) is 0 Å². The van der Waals surface area contributed by atoms with E-state index in [4.69, 9.17) is 5.73 Å². The van der Waals surface area contributed by atoms with Crippen molar-refractivity contribution >= 4 is 22.8 Å². The lowest BCUT2D eigenvalue weighted by Crippen LogP contribution is -2.11. The average molecular weight is 284 g/mol. The second-order valence-corrected chi connectivity index (χ2v) is 4.82. The number of nitrogens with zero attached hydrogens (tertiary/aromatic N) is 2. The molecule has 0 unspecified atom stereocenters. The Morgan fingerprint density at radius 1 is 1.24 bits per heavy atom. The molecular formula is C14H16N6O. The first-order valence-corrected chi connectivity index (χ1v) is 6.67. The van der Waals surface area contributed by atoms with Crippen LogP contribution in [0.25, 0.3) is 11.2 Å². The minimum Gasteiger partial charge on any atom is -0.384 e. The van der Waals surface area contributed by atoms with Crippen LogP contribution in [0, 0.1) is 6.92 Å². The van der Waals surface area contributed by atoms with E-state index in [1.807, 2.05) is 18.2 Å². The second-order valence-electron chi connectivity index (χ2n) is 4.82. The summed E-state index contributed by atoms with van der Waals surface area (Å²) in [5.74, 6) is 0.776. The highest BCUT2D eigenvalue weighted by atomic mass is 16.1. The van der Waals surface area contributed by atoms with E-state index in [0.29, 0.717) is 30.0 Å². The molecule has 3 rings (SSSR count). The first kappa shape index (κ1) is 13.2. The number of aromatic nitrogens is 4. The second kappa shape index (κ2) is 5.28. The van der Waals surface area contributed by atoms with E-state index < -0.39 is 0 Å². The van der Waals surface area contributed by atoms with Crippen molar-refractivity contribution in [2.75, 3.05) is 17.6 Å². The van der Waals surface area contributed by atoms with Gasteiger partial charge in [0.15, 0.2) is 11.2 Å². The average Bonchev–Trinajstić information content (AvgIpc) is 2.84. The number of H-pyrrole nitrogens is 2. The number of rotatable bonds is 4. The molecule has 0 aliphatic rings. The van der Waals surface area contributed by atoms with Crippen LogP contribution in [0.2, 0.25) is 0 Å². The number of imidazole rings is 1. The van der Waals surface area contributed by atoms with Gasteiger partial charge >= 0.3 is 0 Å². The normalized spacial score (nSPS) is 10.9. The first-order chi connectivity index (χ1) is 10.1. The molecule has 108 valence electrons. The Morgan fingerprint density at radius 3 is 2.86 bits per heavy atom. The van der Waals surface area contributed by atoms with Gasteiger partial charge in [0.1, 0.15) is 5.82 Å². The molecule has 0 saturated carbocycles. The number of nitrogens with two attached hydrogens (primary N) is 1. The minimum absolute atomic E-state index is 0.0728. The summed E-state index contributed by atoms with van der Waals surface area (Å²) >= 11 is 0. The zero-order chi connectivity index (χ0) is 14.8. The van der Waals surface area contributed by atoms with Gasteiger partial charge in [-0.1, -0.05) is 18.2 Å². The Bertz CT molecular complexity index is 835. The molecule has 7 heteroatoms. The summed E-state index contributed by atoms with van der Waals surface area (Å²) in [6.07, 6.45) is 0.657. The Labute approximate surface area is 120 Å². The monoisotopic (exact) mass is 284 g/mol. The zero-order valence-electron chi connectivity index (χ0n) is 11.6. The van der Waals surface area contributed by atoms with E-state index in [0.717, 1.165) is 5.69 Å². The van der Waals surface area contributed by atoms with Gasteiger partial charge in [0.2, 0.25) is 5.95 Å². The summed E-state index contributed by atoms with van der Waals surface area (Å²) < 4.78 is 0. The summed E-state index contributed by atoms with van der Waals surface area (Å²) in [4.78, 5) is 25.4. The molecule has 7 nitrogen and oxygen atoms in total. The van der Waals surface area contributed by atoms with Gasteiger partial charge in [0.25, 0.3) is 5.56 Å². The van der Waals surface area contributed by atoms with Crippen molar-refractivity contribution in [3.05, 3.63) is 46.0 Å². The Kier molecular flexibility index (Phi) is 3.31. The lowest BCUT2D eigenvalue weighted by atomic mass is 10.2. The number of hydrogen-bond donors (Lipinski definition) is 4. The molecule has 0 aliphatic carbocycles. The summed E-state index contributed by atoms with van der Waals surface area (Å²) in [5, 5.41) is 3.34. The fourth-order valence-corrected chi connectivity index (χ4v) is 2.18. The van der Waals surface area contributed by atoms with Crippen LogP contribution in [-0.2, 0) is 6.42 Å². The molecular weight excluding hydrogens is 268 g/mol. The van der Waals surface area contributed by atoms with Crippen molar-refractivity contribution in [3.63, 3.8) is 0 Å². The minimum atomic E-state index is -0.303. The van der Waals surface area contributed by atoms with Gasteiger partial charge in [0.05, 0.1) is 0 Å². The van der Waals surface area contributed by atoms with E-state index in [9.17, 15) is 4.79 Å². The van der Waals surface area contributed by atoms with Crippen LogP contribution < -0.4 is 16.6 Å². The van der Waals surface area contributed by atoms with E-state index in [-0.39, 0.29) is 11.5 Å². The standard InChI is InChI=1S/C14H16N6O/c1-8-4-2-3-5-9(8)16-7-6-10-17-11-12(18-10)19-14(15)20-13(11)21/h2-5,16H,6-7H2,1H3,(H4,15,17,18,19,20,21). The van der Waals surface area contributed by atoms with Crippen LogP contribution in [-0.4, -0.2) is 26.5 Å². The maximum atomic E-state index is 11.7. The van der Waals surface area contributed by atoms with E-state index in [1.165, 1.54) is 5.56 Å². The Morgan fingerprint density at radius 2 is 2.05 bits per heavy atom. The third-order valence-corrected chi connectivity index (χ3v) is 3.25. The number of fused-ring (bicyclic) bond motifs is 1. The highest BCUT2D eigenvalue weighted by molar-refractivity contribution is 5.70. The smallest absolute Gasteiger partial charge is 0.278 e. The number of aromatic amines is 2. The predicted molar refractivity (Wildman–Crippen MR) is 82.3 cm³/mol. The third-order valence-electron chi connectivity index (χ3n) is 3.25. The van der Waals surface area contributed by atoms with Crippen molar-refractivity contribution < 1.29 is 0 Å². The molecule has 0 spiro atoms. The van der Waals surface area contributed by atoms with Crippen LogP contribution in [0.1, 0.15) is 11.4 Å². The quantitative estimate of drug-likeness (QED) is 0.575. The fraction of sp³-hybridized carbons (Fsp3) is 0.214. The van der Waals surface area contributed by atoms with Gasteiger partial charge < -0.3 is 16.0 Å². The van der Waals surface area contributed by atoms with Crippen molar-refractivity contribution in [1.29, 1.82) is 0 Å². The molecule has 2 aromatic heterocycles. The number of nitrogens with one attached hydrogen (secondary N) is 3. The number of nitrogen functional groups attached to an aromatic ring is 1. The van der Waals surface area contributed by atoms with Gasteiger partial charge in [-0.25, -0.2) is 4.98 Å². The molecule has 0 aliphatic heterocycles. The van der Waals surface area contributed by atoms with Crippen LogP contribution >= 0.6 is 0 Å². The molecule has 0 radical (unpaired) electrons. The fourth-order valence-electron chi connectivity index (χ4n) is 2.18. The van der Waals surface area contributed by atoms with Crippen LogP contribution in [0.5, 0.6) is 0 Å². The van der Waals surface area contributed by atoms with Crippen molar-refractivity contribution in [2.45, 2.75) is 13.3 Å². The molecule has 5 N–H and O–H groups in total. The molecule has 1 aromatic carbocycles. The number of para-hydroxylation sites is 1. The topological polar surface area (TPSA) is 112 Å². The predicted octanol–water partition coefficient (Wildman–Crippen LogP) is 1.19. The number of anilines is 2. The first-order valence-electron chi connectivity index (χ1n) is 6.67. The van der Waals surface area contributed by atoms with E-state index >= 15 is 0 Å². The van der Waals surface area contributed by atoms with Crippen LogP contribution in [0.3, 0.4) is 0 Å². The Balaban J connectivity index is 1.73. The summed E-state index contributed by atoms with van der Waals surface area (Å²) in [7, 11) is 0. The highest BCUT2D eigenvalue weighted by Crippen LogP contribution is 2.13. The summed E-state index contributed by atoms with van der Waals surface area (Å²) in [6.45, 7) is 2.76. The Hall–Kier alpha value is -2.83. The summed E-state index contributed by atoms with van der Waals surface area (Å²) in [6, 6.07) is 8.07. The SMILES string of the molecule is Cc1ccccc1NCCc1nc2nc(N)[nH]c(=O)c2[nH]1. The molecule has 3 aromatic rings. The summed E-state index contributed by atoms with van der Waals surface area (Å²) in [5.41, 5.74) is 8.18. The largest absolute Gasteiger partial charge is 0.384 e. The molecule has 0 amide bonds. The van der Waals surface area contributed by atoms with Crippen LogP contribution in [0.4, 0.5) is 11.6 Å². The van der Waals surface area contributed by atoms with Crippen molar-refractivity contribution in [3.8, 4) is 0 Å². The van der Waals surface area contributed by atoms with Gasteiger partial charge in [-0.15, -0.1) is 0 Å². The van der Waals surface area contributed by atoms with E-state index in [2.05, 4.69) is 38.2 Å². The zero-order valence-corrected chi connectivity index (χ0v) is 11.6. The van der Waals surface area contributed by atoms with E-state index in [1.54, 1.807) is 0 Å². The van der Waals surface area contributed by atoms with Crippen LogP contribution in [0.15, 0.2) is 29.1 Å². The number of aryl methyl sites for hydroxylation is 1. The molecule has 0 atom stereocenters. The maximum Gasteiger partial charge on any atom is 0.278 e. The highest BCUT2D eigenvalue weighted by Gasteiger charge is 2.08. The lowest BCUT2D eigenvalue weighted by molar-refractivity contribution is 0.931. The lowest BCUT2D eigenvalue weighted by Gasteiger charge is -2.07. The van der Waals surface area contributed by atoms with Gasteiger partial charge in [0, 0.05) is 18.7 Å². The van der Waals surface area contributed by atoms with Crippen molar-refractivity contribution in [1.82, 2.24) is 19.9 Å². The molecule has 21 heavy (non-hydrogen) atoms. The molecule has 0 bridgehead atoms. The third kappa shape index (κ3) is 2.71. The number of benzene rings is 1. The van der Waals surface area contributed by atoms with Gasteiger partial charge in [-0.05, 0) is 18.6 Å². The van der Waals surface area contributed by atoms with Gasteiger partial charge in [-0.3, -0.25) is 9.78 Å². The number of hydrogen-bond acceptors (Lipinski definition) is 5.